The van der Waals surface area contributed by atoms with E-state index in [4.69, 9.17) is 4.74 Å². The Balaban J connectivity index is 2.29. The SMILES string of the molecule is CC(C)C[C@H]1COCCN1C. The molecule has 0 aromatic heterocycles. The summed E-state index contributed by atoms with van der Waals surface area (Å²) in [6.45, 7) is 7.46. The van der Waals surface area contributed by atoms with Crippen LogP contribution in [0.15, 0.2) is 0 Å². The van der Waals surface area contributed by atoms with Gasteiger partial charge in [-0.2, -0.15) is 0 Å². The Bertz CT molecular complexity index is 114. The van der Waals surface area contributed by atoms with Crippen molar-refractivity contribution in [1.82, 2.24) is 4.90 Å². The molecule has 1 atom stereocenters. The highest BCUT2D eigenvalue weighted by atomic mass is 16.5. The van der Waals surface area contributed by atoms with E-state index in [0.29, 0.717) is 6.04 Å². The molecule has 0 N–H and O–H groups in total. The van der Waals surface area contributed by atoms with E-state index < -0.39 is 0 Å². The Kier molecular flexibility index (Phi) is 3.34. The molecule has 0 aromatic carbocycles. The lowest BCUT2D eigenvalue weighted by molar-refractivity contribution is -0.00131. The maximum atomic E-state index is 5.41. The highest BCUT2D eigenvalue weighted by molar-refractivity contribution is 4.73. The molecular weight excluding hydrogens is 138 g/mol. The average molecular weight is 157 g/mol. The molecule has 0 radical (unpaired) electrons. The van der Waals surface area contributed by atoms with Gasteiger partial charge in [-0.25, -0.2) is 0 Å². The quantitative estimate of drug-likeness (QED) is 0.600. The molecule has 2 nitrogen and oxygen atoms in total. The molecule has 66 valence electrons. The van der Waals surface area contributed by atoms with Gasteiger partial charge in [-0.3, -0.25) is 4.90 Å². The molecule has 2 heteroatoms. The summed E-state index contributed by atoms with van der Waals surface area (Å²) in [7, 11) is 2.19. The van der Waals surface area contributed by atoms with Gasteiger partial charge in [-0.05, 0) is 19.4 Å². The van der Waals surface area contributed by atoms with E-state index >= 15 is 0 Å². The van der Waals surface area contributed by atoms with E-state index in [1.54, 1.807) is 0 Å². The Morgan fingerprint density at radius 1 is 1.55 bits per heavy atom. The second-order valence-electron chi connectivity index (χ2n) is 3.84. The van der Waals surface area contributed by atoms with Crippen LogP contribution in [-0.2, 0) is 4.74 Å². The van der Waals surface area contributed by atoms with Crippen molar-refractivity contribution in [3.05, 3.63) is 0 Å². The van der Waals surface area contributed by atoms with Crippen molar-refractivity contribution in [2.75, 3.05) is 26.8 Å². The number of likely N-dealkylation sites (N-methyl/N-ethyl adjacent to an activating group) is 1. The first-order valence-corrected chi connectivity index (χ1v) is 4.48. The molecule has 0 amide bonds. The third-order valence-corrected chi connectivity index (χ3v) is 2.27. The zero-order valence-electron chi connectivity index (χ0n) is 7.84. The van der Waals surface area contributed by atoms with Crippen LogP contribution in [0, 0.1) is 5.92 Å². The van der Waals surface area contributed by atoms with Crippen LogP contribution in [0.25, 0.3) is 0 Å². The largest absolute Gasteiger partial charge is 0.378 e. The zero-order chi connectivity index (χ0) is 8.27. The fraction of sp³-hybridized carbons (Fsp3) is 1.00. The standard InChI is InChI=1S/C9H19NO/c1-8(2)6-9-7-11-5-4-10(9)3/h8-9H,4-7H2,1-3H3/t9-/m0/s1. The van der Waals surface area contributed by atoms with E-state index in [1.807, 2.05) is 0 Å². The molecule has 1 aliphatic heterocycles. The Labute approximate surface area is 69.5 Å². The normalized spacial score (nSPS) is 27.8. The average Bonchev–Trinajstić information content (AvgIpc) is 1.93. The van der Waals surface area contributed by atoms with Gasteiger partial charge < -0.3 is 4.74 Å². The summed E-state index contributed by atoms with van der Waals surface area (Å²) < 4.78 is 5.41. The van der Waals surface area contributed by atoms with Crippen LogP contribution in [0.4, 0.5) is 0 Å². The van der Waals surface area contributed by atoms with Crippen LogP contribution in [0.2, 0.25) is 0 Å². The van der Waals surface area contributed by atoms with Crippen molar-refractivity contribution < 1.29 is 4.74 Å². The second-order valence-corrected chi connectivity index (χ2v) is 3.84. The maximum Gasteiger partial charge on any atom is 0.0622 e. The van der Waals surface area contributed by atoms with Crippen LogP contribution >= 0.6 is 0 Å². The Morgan fingerprint density at radius 3 is 2.82 bits per heavy atom. The summed E-state index contributed by atoms with van der Waals surface area (Å²) in [4.78, 5) is 2.41. The number of morpholine rings is 1. The number of rotatable bonds is 2. The summed E-state index contributed by atoms with van der Waals surface area (Å²) in [5.41, 5.74) is 0. The fourth-order valence-electron chi connectivity index (χ4n) is 1.53. The molecule has 0 unspecified atom stereocenters. The molecule has 0 saturated carbocycles. The molecule has 0 aromatic rings. The van der Waals surface area contributed by atoms with Gasteiger partial charge in [0.15, 0.2) is 0 Å². The molecule has 1 aliphatic rings. The third kappa shape index (κ3) is 2.80. The minimum Gasteiger partial charge on any atom is -0.378 e. The number of hydrogen-bond donors (Lipinski definition) is 0. The van der Waals surface area contributed by atoms with Gasteiger partial charge >= 0.3 is 0 Å². The van der Waals surface area contributed by atoms with E-state index in [-0.39, 0.29) is 0 Å². The molecule has 11 heavy (non-hydrogen) atoms. The van der Waals surface area contributed by atoms with Crippen LogP contribution in [0.5, 0.6) is 0 Å². The van der Waals surface area contributed by atoms with Gasteiger partial charge in [0.1, 0.15) is 0 Å². The van der Waals surface area contributed by atoms with Gasteiger partial charge in [-0.15, -0.1) is 0 Å². The van der Waals surface area contributed by atoms with Gasteiger partial charge in [0, 0.05) is 12.6 Å². The van der Waals surface area contributed by atoms with Crippen molar-refractivity contribution in [1.29, 1.82) is 0 Å². The smallest absolute Gasteiger partial charge is 0.0622 e. The van der Waals surface area contributed by atoms with E-state index in [1.165, 1.54) is 6.42 Å². The zero-order valence-corrected chi connectivity index (χ0v) is 7.84. The van der Waals surface area contributed by atoms with E-state index in [2.05, 4.69) is 25.8 Å². The molecule has 1 rings (SSSR count). The van der Waals surface area contributed by atoms with Crippen LogP contribution in [0.1, 0.15) is 20.3 Å². The van der Waals surface area contributed by atoms with Gasteiger partial charge in [0.2, 0.25) is 0 Å². The van der Waals surface area contributed by atoms with Gasteiger partial charge in [0.05, 0.1) is 13.2 Å². The first-order chi connectivity index (χ1) is 5.20. The molecule has 0 bridgehead atoms. The number of hydrogen-bond acceptors (Lipinski definition) is 2. The molecule has 1 saturated heterocycles. The third-order valence-electron chi connectivity index (χ3n) is 2.27. The number of nitrogens with zero attached hydrogens (tertiary/aromatic N) is 1. The molecule has 0 aliphatic carbocycles. The topological polar surface area (TPSA) is 12.5 Å². The second kappa shape index (κ2) is 4.07. The first-order valence-electron chi connectivity index (χ1n) is 4.48. The summed E-state index contributed by atoms with van der Waals surface area (Å²) in [5.74, 6) is 0.782. The summed E-state index contributed by atoms with van der Waals surface area (Å²) in [5, 5.41) is 0. The van der Waals surface area contributed by atoms with Crippen molar-refractivity contribution >= 4 is 0 Å². The van der Waals surface area contributed by atoms with Crippen LogP contribution in [0.3, 0.4) is 0 Å². The lowest BCUT2D eigenvalue weighted by atomic mass is 10.0. The van der Waals surface area contributed by atoms with Crippen molar-refractivity contribution in [3.8, 4) is 0 Å². The Morgan fingerprint density at radius 2 is 2.27 bits per heavy atom. The lowest BCUT2D eigenvalue weighted by Crippen LogP contribution is -2.43. The fourth-order valence-corrected chi connectivity index (χ4v) is 1.53. The van der Waals surface area contributed by atoms with Crippen LogP contribution < -0.4 is 0 Å². The summed E-state index contributed by atoms with van der Waals surface area (Å²) in [6.07, 6.45) is 1.26. The molecule has 0 spiro atoms. The monoisotopic (exact) mass is 157 g/mol. The molecule has 1 fully saturated rings. The van der Waals surface area contributed by atoms with E-state index in [9.17, 15) is 0 Å². The maximum absolute atomic E-state index is 5.41. The minimum atomic E-state index is 0.656. The van der Waals surface area contributed by atoms with Gasteiger partial charge in [0.25, 0.3) is 0 Å². The molecular formula is C9H19NO. The predicted molar refractivity (Wildman–Crippen MR) is 46.7 cm³/mol. The minimum absolute atomic E-state index is 0.656. The highest BCUT2D eigenvalue weighted by Gasteiger charge is 2.19. The van der Waals surface area contributed by atoms with Crippen molar-refractivity contribution in [3.63, 3.8) is 0 Å². The van der Waals surface area contributed by atoms with E-state index in [0.717, 1.165) is 25.7 Å². The van der Waals surface area contributed by atoms with Crippen molar-refractivity contribution in [2.45, 2.75) is 26.3 Å². The predicted octanol–water partition coefficient (Wildman–Crippen LogP) is 1.36. The number of ether oxygens (including phenoxy) is 1. The van der Waals surface area contributed by atoms with Crippen molar-refractivity contribution in [2.24, 2.45) is 5.92 Å². The lowest BCUT2D eigenvalue weighted by Gasteiger charge is -2.33. The van der Waals surface area contributed by atoms with Gasteiger partial charge in [-0.1, -0.05) is 13.8 Å². The Hall–Kier alpha value is -0.0800. The highest BCUT2D eigenvalue weighted by Crippen LogP contribution is 2.13. The first kappa shape index (κ1) is 9.01. The molecule has 1 heterocycles. The summed E-state index contributed by atoms with van der Waals surface area (Å²) >= 11 is 0. The van der Waals surface area contributed by atoms with Crippen LogP contribution in [-0.4, -0.2) is 37.7 Å². The summed E-state index contributed by atoms with van der Waals surface area (Å²) in [6, 6.07) is 0.656.